The summed E-state index contributed by atoms with van der Waals surface area (Å²) in [4.78, 5) is 0. The smallest absolute Gasteiger partial charge is 0.249 e. The van der Waals surface area contributed by atoms with Gasteiger partial charge in [0.25, 0.3) is 0 Å². The summed E-state index contributed by atoms with van der Waals surface area (Å²) in [6, 6.07) is 7.66. The van der Waals surface area contributed by atoms with Gasteiger partial charge in [-0.2, -0.15) is 0 Å². The number of halogens is 1. The lowest BCUT2D eigenvalue weighted by atomic mass is 10.2. The van der Waals surface area contributed by atoms with Crippen LogP contribution in [0.15, 0.2) is 28.7 Å². The van der Waals surface area contributed by atoms with E-state index in [9.17, 15) is 0 Å². The molecule has 1 aliphatic heterocycles. The van der Waals surface area contributed by atoms with Crippen LogP contribution >= 0.6 is 11.6 Å². The second-order valence-corrected chi connectivity index (χ2v) is 4.48. The van der Waals surface area contributed by atoms with E-state index in [1.165, 1.54) is 0 Å². The third-order valence-electron chi connectivity index (χ3n) is 2.90. The summed E-state index contributed by atoms with van der Waals surface area (Å²) in [5.41, 5.74) is 0.783. The maximum Gasteiger partial charge on any atom is 0.249 e. The summed E-state index contributed by atoms with van der Waals surface area (Å²) in [5.74, 6) is 1.14. The number of aromatic nitrogens is 2. The highest BCUT2D eigenvalue weighted by molar-refractivity contribution is 6.33. The minimum absolute atomic E-state index is 0.193. The average Bonchev–Trinajstić information content (AvgIpc) is 3.00. The van der Waals surface area contributed by atoms with Crippen molar-refractivity contribution >= 4 is 11.6 Å². The van der Waals surface area contributed by atoms with Crippen LogP contribution in [0.3, 0.4) is 0 Å². The Labute approximate surface area is 104 Å². The van der Waals surface area contributed by atoms with Gasteiger partial charge in [0.1, 0.15) is 0 Å². The first-order valence-electron chi connectivity index (χ1n) is 5.66. The summed E-state index contributed by atoms with van der Waals surface area (Å²) >= 11 is 6.08. The Bertz CT molecular complexity index is 520. The van der Waals surface area contributed by atoms with Gasteiger partial charge in [0.2, 0.25) is 11.8 Å². The fraction of sp³-hybridized carbons (Fsp3) is 0.333. The van der Waals surface area contributed by atoms with E-state index in [0.29, 0.717) is 16.8 Å². The van der Waals surface area contributed by atoms with Gasteiger partial charge in [-0.05, 0) is 31.5 Å². The third kappa shape index (κ3) is 2.06. The highest BCUT2D eigenvalue weighted by Gasteiger charge is 2.22. The molecule has 5 heteroatoms. The van der Waals surface area contributed by atoms with Crippen molar-refractivity contribution in [2.45, 2.75) is 18.9 Å². The molecule has 1 N–H and O–H groups in total. The van der Waals surface area contributed by atoms with Gasteiger partial charge in [0.15, 0.2) is 0 Å². The van der Waals surface area contributed by atoms with Gasteiger partial charge in [-0.15, -0.1) is 10.2 Å². The molecule has 3 rings (SSSR count). The molecule has 17 heavy (non-hydrogen) atoms. The molecule has 0 radical (unpaired) electrons. The Hall–Kier alpha value is -1.39. The monoisotopic (exact) mass is 249 g/mol. The lowest BCUT2D eigenvalue weighted by molar-refractivity contribution is 0.437. The predicted molar refractivity (Wildman–Crippen MR) is 64.7 cm³/mol. The molecule has 1 unspecified atom stereocenters. The minimum Gasteiger partial charge on any atom is -0.419 e. The van der Waals surface area contributed by atoms with Crippen LogP contribution in [0.4, 0.5) is 0 Å². The molecule has 0 aliphatic carbocycles. The number of hydrogen-bond acceptors (Lipinski definition) is 4. The van der Waals surface area contributed by atoms with E-state index in [1.807, 2.05) is 24.3 Å². The molecule has 1 atom stereocenters. The standard InChI is InChI=1S/C12H12ClN3O/c13-9-5-2-1-4-8(9)11-15-16-12(17-11)10-6-3-7-14-10/h1-2,4-5,10,14H,3,6-7H2. The molecule has 2 aromatic rings. The van der Waals surface area contributed by atoms with Crippen LogP contribution in [0.1, 0.15) is 24.8 Å². The summed E-state index contributed by atoms with van der Waals surface area (Å²) in [5, 5.41) is 12.1. The van der Waals surface area contributed by atoms with Crippen LogP contribution < -0.4 is 5.32 Å². The van der Waals surface area contributed by atoms with Gasteiger partial charge in [-0.3, -0.25) is 0 Å². The fourth-order valence-electron chi connectivity index (χ4n) is 2.01. The number of benzene rings is 1. The predicted octanol–water partition coefficient (Wildman–Crippen LogP) is 2.81. The molecule has 1 fully saturated rings. The van der Waals surface area contributed by atoms with Crippen molar-refractivity contribution in [3.8, 4) is 11.5 Å². The lowest BCUT2D eigenvalue weighted by Gasteiger charge is -2.02. The number of rotatable bonds is 2. The SMILES string of the molecule is Clc1ccccc1-c1nnc(C2CCCN2)o1. The van der Waals surface area contributed by atoms with Crippen LogP contribution in [0, 0.1) is 0 Å². The Morgan fingerprint density at radius 1 is 1.29 bits per heavy atom. The van der Waals surface area contributed by atoms with Crippen molar-refractivity contribution in [3.63, 3.8) is 0 Å². The molecule has 88 valence electrons. The highest BCUT2D eigenvalue weighted by atomic mass is 35.5. The van der Waals surface area contributed by atoms with Gasteiger partial charge < -0.3 is 9.73 Å². The summed E-state index contributed by atoms with van der Waals surface area (Å²) < 4.78 is 5.67. The van der Waals surface area contributed by atoms with Crippen LogP contribution in [-0.4, -0.2) is 16.7 Å². The lowest BCUT2D eigenvalue weighted by Crippen LogP contribution is -2.12. The second kappa shape index (κ2) is 4.47. The summed E-state index contributed by atoms with van der Waals surface area (Å²) in [6.45, 7) is 1.01. The van der Waals surface area contributed by atoms with Gasteiger partial charge in [0, 0.05) is 0 Å². The van der Waals surface area contributed by atoms with Crippen LogP contribution in [0.25, 0.3) is 11.5 Å². The van der Waals surface area contributed by atoms with Crippen LogP contribution in [0.2, 0.25) is 5.02 Å². The second-order valence-electron chi connectivity index (χ2n) is 4.07. The van der Waals surface area contributed by atoms with Gasteiger partial charge >= 0.3 is 0 Å². The number of nitrogens with one attached hydrogen (secondary N) is 1. The average molecular weight is 250 g/mol. The minimum atomic E-state index is 0.193. The zero-order valence-corrected chi connectivity index (χ0v) is 9.94. The molecule has 0 spiro atoms. The molecule has 1 aromatic carbocycles. The van der Waals surface area contributed by atoms with Crippen molar-refractivity contribution in [1.82, 2.24) is 15.5 Å². The van der Waals surface area contributed by atoms with Crippen LogP contribution in [-0.2, 0) is 0 Å². The molecule has 1 saturated heterocycles. The van der Waals surface area contributed by atoms with E-state index in [2.05, 4.69) is 15.5 Å². The molecular formula is C12H12ClN3O. The molecule has 0 bridgehead atoms. The van der Waals surface area contributed by atoms with Crippen molar-refractivity contribution in [3.05, 3.63) is 35.2 Å². The maximum atomic E-state index is 6.08. The first-order chi connectivity index (χ1) is 8.34. The van der Waals surface area contributed by atoms with Gasteiger partial charge in [-0.25, -0.2) is 0 Å². The zero-order valence-electron chi connectivity index (χ0n) is 9.19. The molecule has 1 aliphatic rings. The Balaban J connectivity index is 1.92. The molecule has 0 amide bonds. The van der Waals surface area contributed by atoms with Crippen molar-refractivity contribution in [1.29, 1.82) is 0 Å². The van der Waals surface area contributed by atoms with E-state index in [0.717, 1.165) is 24.9 Å². The zero-order chi connectivity index (χ0) is 11.7. The Kier molecular flexibility index (Phi) is 2.82. The largest absolute Gasteiger partial charge is 0.419 e. The fourth-order valence-corrected chi connectivity index (χ4v) is 2.23. The van der Waals surface area contributed by atoms with Crippen molar-refractivity contribution < 1.29 is 4.42 Å². The van der Waals surface area contributed by atoms with Crippen molar-refractivity contribution in [2.75, 3.05) is 6.54 Å². The molecule has 2 heterocycles. The van der Waals surface area contributed by atoms with Crippen LogP contribution in [0.5, 0.6) is 0 Å². The Morgan fingerprint density at radius 2 is 2.18 bits per heavy atom. The first-order valence-corrected chi connectivity index (χ1v) is 6.04. The molecule has 0 saturated carbocycles. The first kappa shape index (κ1) is 10.7. The van der Waals surface area contributed by atoms with Gasteiger partial charge in [0.05, 0.1) is 16.6 Å². The molecule has 1 aromatic heterocycles. The van der Waals surface area contributed by atoms with E-state index in [-0.39, 0.29) is 6.04 Å². The highest BCUT2D eigenvalue weighted by Crippen LogP contribution is 2.29. The molecular weight excluding hydrogens is 238 g/mol. The Morgan fingerprint density at radius 3 is 2.94 bits per heavy atom. The maximum absolute atomic E-state index is 6.08. The van der Waals surface area contributed by atoms with Crippen molar-refractivity contribution in [2.24, 2.45) is 0 Å². The summed E-state index contributed by atoms with van der Waals surface area (Å²) in [6.07, 6.45) is 2.19. The number of nitrogens with zero attached hydrogens (tertiary/aromatic N) is 2. The quantitative estimate of drug-likeness (QED) is 0.889. The van der Waals surface area contributed by atoms with E-state index < -0.39 is 0 Å². The topological polar surface area (TPSA) is 51.0 Å². The number of hydrogen-bond donors (Lipinski definition) is 1. The van der Waals surface area contributed by atoms with Gasteiger partial charge in [-0.1, -0.05) is 23.7 Å². The van der Waals surface area contributed by atoms with E-state index in [4.69, 9.17) is 16.0 Å². The van der Waals surface area contributed by atoms with E-state index >= 15 is 0 Å². The molecule has 4 nitrogen and oxygen atoms in total. The van der Waals surface area contributed by atoms with E-state index in [1.54, 1.807) is 0 Å². The summed E-state index contributed by atoms with van der Waals surface area (Å²) in [7, 11) is 0. The normalized spacial score (nSPS) is 19.7. The third-order valence-corrected chi connectivity index (χ3v) is 3.23.